The van der Waals surface area contributed by atoms with E-state index in [1.54, 1.807) is 21.3 Å². The summed E-state index contributed by atoms with van der Waals surface area (Å²) in [5.41, 5.74) is 1.04. The van der Waals surface area contributed by atoms with Crippen LogP contribution in [0.25, 0.3) is 0 Å². The van der Waals surface area contributed by atoms with Crippen LogP contribution in [0.2, 0.25) is 0 Å². The van der Waals surface area contributed by atoms with E-state index in [9.17, 15) is 0 Å². The molecule has 2 aliphatic heterocycles. The van der Waals surface area contributed by atoms with Gasteiger partial charge in [0.1, 0.15) is 6.10 Å². The van der Waals surface area contributed by atoms with Crippen LogP contribution in [0.5, 0.6) is 17.2 Å². The normalized spacial score (nSPS) is 22.1. The van der Waals surface area contributed by atoms with Crippen molar-refractivity contribution in [1.29, 1.82) is 0 Å². The molecule has 0 saturated carbocycles. The predicted octanol–water partition coefficient (Wildman–Crippen LogP) is 2.10. The fraction of sp³-hybridized carbons (Fsp3) is 0.682. The third kappa shape index (κ3) is 5.29. The van der Waals surface area contributed by atoms with Crippen molar-refractivity contribution in [3.8, 4) is 17.2 Å². The molecule has 2 saturated heterocycles. The quantitative estimate of drug-likeness (QED) is 0.509. The zero-order valence-corrected chi connectivity index (χ0v) is 18.6. The second-order valence-corrected chi connectivity index (χ2v) is 7.39. The van der Waals surface area contributed by atoms with Crippen LogP contribution in [-0.2, 0) is 15.9 Å². The highest BCUT2D eigenvalue weighted by Gasteiger charge is 2.32. The molecular weight excluding hydrogens is 386 g/mol. The van der Waals surface area contributed by atoms with Crippen molar-refractivity contribution >= 4 is 5.96 Å². The maximum atomic E-state index is 5.98. The van der Waals surface area contributed by atoms with Crippen molar-refractivity contribution in [2.45, 2.75) is 38.4 Å². The number of hydrogen-bond acceptors (Lipinski definition) is 6. The standard InChI is InChI=1S/C22H35N3O5/c1-5-23-22(25-12-14-30-19(15-25)17-7-6-13-29-17)24-11-10-16-8-9-18(26-2)21(28-4)20(16)27-3/h8-9,17,19H,5-7,10-15H2,1-4H3,(H,23,24). The number of hydrogen-bond donors (Lipinski definition) is 1. The summed E-state index contributed by atoms with van der Waals surface area (Å²) in [6.07, 6.45) is 3.23. The van der Waals surface area contributed by atoms with Gasteiger partial charge in [0, 0.05) is 38.3 Å². The summed E-state index contributed by atoms with van der Waals surface area (Å²) in [6, 6.07) is 3.91. The Labute approximate surface area is 179 Å². The van der Waals surface area contributed by atoms with Gasteiger partial charge in [-0.1, -0.05) is 6.07 Å². The summed E-state index contributed by atoms with van der Waals surface area (Å²) in [5, 5.41) is 3.42. The molecule has 1 N–H and O–H groups in total. The Kier molecular flexibility index (Phi) is 8.45. The van der Waals surface area contributed by atoms with E-state index in [4.69, 9.17) is 28.7 Å². The summed E-state index contributed by atoms with van der Waals surface area (Å²) >= 11 is 0. The predicted molar refractivity (Wildman–Crippen MR) is 116 cm³/mol. The van der Waals surface area contributed by atoms with E-state index in [1.807, 2.05) is 12.1 Å². The van der Waals surface area contributed by atoms with Crippen LogP contribution in [0, 0.1) is 0 Å². The minimum absolute atomic E-state index is 0.107. The van der Waals surface area contributed by atoms with Crippen LogP contribution in [0.3, 0.4) is 0 Å². The summed E-state index contributed by atoms with van der Waals surface area (Å²) in [5.74, 6) is 2.88. The lowest BCUT2D eigenvalue weighted by Gasteiger charge is -2.37. The molecule has 0 radical (unpaired) electrons. The highest BCUT2D eigenvalue weighted by molar-refractivity contribution is 5.80. The molecule has 8 heteroatoms. The Hall–Kier alpha value is -2.19. The zero-order valence-electron chi connectivity index (χ0n) is 18.6. The molecule has 168 valence electrons. The lowest BCUT2D eigenvalue weighted by molar-refractivity contribution is -0.0817. The number of guanidine groups is 1. The van der Waals surface area contributed by atoms with Gasteiger partial charge in [-0.3, -0.25) is 4.99 Å². The second-order valence-electron chi connectivity index (χ2n) is 7.39. The molecule has 0 aromatic heterocycles. The van der Waals surface area contributed by atoms with Crippen LogP contribution in [0.4, 0.5) is 0 Å². The van der Waals surface area contributed by atoms with Gasteiger partial charge in [0.25, 0.3) is 0 Å². The molecule has 2 fully saturated rings. The van der Waals surface area contributed by atoms with Crippen molar-refractivity contribution in [3.63, 3.8) is 0 Å². The fourth-order valence-electron chi connectivity index (χ4n) is 4.06. The summed E-state index contributed by atoms with van der Waals surface area (Å²) < 4.78 is 28.3. The van der Waals surface area contributed by atoms with Crippen LogP contribution in [-0.4, -0.2) is 83.8 Å². The number of methoxy groups -OCH3 is 3. The molecule has 8 nitrogen and oxygen atoms in total. The average Bonchev–Trinajstić information content (AvgIpc) is 3.33. The van der Waals surface area contributed by atoms with Crippen molar-refractivity contribution in [1.82, 2.24) is 10.2 Å². The number of morpholine rings is 1. The molecule has 1 aromatic rings. The van der Waals surface area contributed by atoms with E-state index < -0.39 is 0 Å². The molecule has 2 heterocycles. The Bertz CT molecular complexity index is 706. The van der Waals surface area contributed by atoms with Gasteiger partial charge < -0.3 is 33.9 Å². The van der Waals surface area contributed by atoms with Crippen LogP contribution >= 0.6 is 0 Å². The lowest BCUT2D eigenvalue weighted by Crippen LogP contribution is -2.53. The molecule has 2 unspecified atom stereocenters. The molecule has 0 amide bonds. The molecule has 3 rings (SSSR count). The van der Waals surface area contributed by atoms with Gasteiger partial charge in [0.2, 0.25) is 5.75 Å². The van der Waals surface area contributed by atoms with Gasteiger partial charge in [-0.15, -0.1) is 0 Å². The van der Waals surface area contributed by atoms with Crippen molar-refractivity contribution in [2.75, 3.05) is 60.7 Å². The Balaban J connectivity index is 1.68. The highest BCUT2D eigenvalue weighted by atomic mass is 16.5. The first-order valence-electron chi connectivity index (χ1n) is 10.8. The van der Waals surface area contributed by atoms with Crippen molar-refractivity contribution < 1.29 is 23.7 Å². The van der Waals surface area contributed by atoms with Crippen molar-refractivity contribution in [2.24, 2.45) is 4.99 Å². The molecule has 0 bridgehead atoms. The van der Waals surface area contributed by atoms with Gasteiger partial charge >= 0.3 is 0 Å². The van der Waals surface area contributed by atoms with E-state index in [1.165, 1.54) is 0 Å². The highest BCUT2D eigenvalue weighted by Crippen LogP contribution is 2.39. The van der Waals surface area contributed by atoms with E-state index >= 15 is 0 Å². The molecule has 30 heavy (non-hydrogen) atoms. The fourth-order valence-corrected chi connectivity index (χ4v) is 4.06. The molecule has 2 aliphatic rings. The number of ether oxygens (including phenoxy) is 5. The van der Waals surface area contributed by atoms with Gasteiger partial charge in [-0.25, -0.2) is 0 Å². The SMILES string of the molecule is CCNC(=NCCc1ccc(OC)c(OC)c1OC)N1CCOC(C2CCCO2)C1. The maximum absolute atomic E-state index is 5.98. The van der Waals surface area contributed by atoms with Gasteiger partial charge in [-0.05, 0) is 32.3 Å². The largest absolute Gasteiger partial charge is 0.493 e. The van der Waals surface area contributed by atoms with Gasteiger partial charge in [-0.2, -0.15) is 0 Å². The molecule has 2 atom stereocenters. The van der Waals surface area contributed by atoms with Crippen LogP contribution in [0.1, 0.15) is 25.3 Å². The lowest BCUT2D eigenvalue weighted by atomic mass is 10.1. The van der Waals surface area contributed by atoms with Crippen molar-refractivity contribution in [3.05, 3.63) is 17.7 Å². The third-order valence-electron chi connectivity index (χ3n) is 5.54. The molecular formula is C22H35N3O5. The first-order valence-corrected chi connectivity index (χ1v) is 10.8. The third-order valence-corrected chi connectivity index (χ3v) is 5.54. The summed E-state index contributed by atoms with van der Waals surface area (Å²) in [4.78, 5) is 7.16. The maximum Gasteiger partial charge on any atom is 0.203 e. The zero-order chi connectivity index (χ0) is 21.3. The number of benzene rings is 1. The molecule has 1 aromatic carbocycles. The number of rotatable bonds is 8. The van der Waals surface area contributed by atoms with E-state index in [2.05, 4.69) is 17.1 Å². The number of nitrogens with one attached hydrogen (secondary N) is 1. The summed E-state index contributed by atoms with van der Waals surface area (Å²) in [6.45, 7) is 6.71. The monoisotopic (exact) mass is 421 g/mol. The van der Waals surface area contributed by atoms with Gasteiger partial charge in [0.15, 0.2) is 17.5 Å². The van der Waals surface area contributed by atoms with Crippen LogP contribution in [0.15, 0.2) is 17.1 Å². The van der Waals surface area contributed by atoms with Crippen LogP contribution < -0.4 is 19.5 Å². The van der Waals surface area contributed by atoms with Gasteiger partial charge in [0.05, 0.1) is 34.0 Å². The second kappa shape index (κ2) is 11.3. The minimum Gasteiger partial charge on any atom is -0.493 e. The summed E-state index contributed by atoms with van der Waals surface area (Å²) in [7, 11) is 4.89. The molecule has 0 spiro atoms. The number of aliphatic imine (C=N–C) groups is 1. The molecule has 0 aliphatic carbocycles. The smallest absolute Gasteiger partial charge is 0.203 e. The first-order chi connectivity index (χ1) is 14.7. The first kappa shape index (κ1) is 22.5. The van der Waals surface area contributed by atoms with E-state index in [-0.39, 0.29) is 12.2 Å². The Morgan fingerprint density at radius 3 is 2.57 bits per heavy atom. The van der Waals surface area contributed by atoms with E-state index in [0.29, 0.717) is 30.4 Å². The number of nitrogens with zero attached hydrogens (tertiary/aromatic N) is 2. The topological polar surface area (TPSA) is 73.8 Å². The van der Waals surface area contributed by atoms with E-state index in [0.717, 1.165) is 57.0 Å². The minimum atomic E-state index is 0.107. The average molecular weight is 422 g/mol. The Morgan fingerprint density at radius 1 is 1.10 bits per heavy atom. The Morgan fingerprint density at radius 2 is 1.90 bits per heavy atom.